The van der Waals surface area contributed by atoms with Crippen molar-refractivity contribution in [2.24, 2.45) is 0 Å². The molecule has 0 aromatic heterocycles. The molecular formula is C10H23NO9S. The first-order chi connectivity index (χ1) is 9.64. The fraction of sp³-hybridized carbons (Fsp3) is 1.00. The highest BCUT2D eigenvalue weighted by Gasteiger charge is 2.52. The van der Waals surface area contributed by atoms with Crippen LogP contribution in [0.1, 0.15) is 6.92 Å². The molecule has 11 heteroatoms. The smallest absolute Gasteiger partial charge is 0.281 e. The van der Waals surface area contributed by atoms with Crippen LogP contribution in [-0.4, -0.2) is 105 Å². The molecular weight excluding hydrogens is 310 g/mol. The van der Waals surface area contributed by atoms with E-state index in [0.29, 0.717) is 4.90 Å². The Balaban J connectivity index is 6.25. The summed E-state index contributed by atoms with van der Waals surface area (Å²) in [5.41, 5.74) is -4.02. The number of aliphatic hydroxyl groups excluding tert-OH is 6. The standard InChI is InChI=1S/C10H23NO9S/c1-8(21(18,19)20)11(9(2-12,3-13)4-14)10(5-15,6-16)7-17/h8,12-17H,2-7H2,1H3,(H,18,19,20). The maximum Gasteiger partial charge on any atom is 0.281 e. The molecule has 0 aromatic carbocycles. The summed E-state index contributed by atoms with van der Waals surface area (Å²) in [6.07, 6.45) is 0. The third kappa shape index (κ3) is 3.88. The van der Waals surface area contributed by atoms with E-state index in [2.05, 4.69) is 0 Å². The van der Waals surface area contributed by atoms with Crippen molar-refractivity contribution in [1.29, 1.82) is 0 Å². The molecule has 1 unspecified atom stereocenters. The summed E-state index contributed by atoms with van der Waals surface area (Å²) in [6, 6.07) is 0. The van der Waals surface area contributed by atoms with E-state index in [-0.39, 0.29) is 0 Å². The van der Waals surface area contributed by atoms with Crippen molar-refractivity contribution in [1.82, 2.24) is 4.90 Å². The van der Waals surface area contributed by atoms with E-state index in [0.717, 1.165) is 6.92 Å². The monoisotopic (exact) mass is 333 g/mol. The lowest BCUT2D eigenvalue weighted by Crippen LogP contribution is -2.73. The molecule has 0 fully saturated rings. The summed E-state index contributed by atoms with van der Waals surface area (Å²) in [4.78, 5) is 0.620. The highest BCUT2D eigenvalue weighted by molar-refractivity contribution is 7.86. The van der Waals surface area contributed by atoms with Crippen molar-refractivity contribution in [3.63, 3.8) is 0 Å². The minimum Gasteiger partial charge on any atom is -0.394 e. The summed E-state index contributed by atoms with van der Waals surface area (Å²) in [5, 5.41) is 54.7. The van der Waals surface area contributed by atoms with Gasteiger partial charge in [-0.3, -0.25) is 9.45 Å². The average molecular weight is 333 g/mol. The van der Waals surface area contributed by atoms with Gasteiger partial charge in [0.2, 0.25) is 0 Å². The summed E-state index contributed by atoms with van der Waals surface area (Å²) in [7, 11) is -4.77. The normalized spacial score (nSPS) is 15.5. The molecule has 0 rings (SSSR count). The zero-order valence-corrected chi connectivity index (χ0v) is 12.4. The first kappa shape index (κ1) is 20.6. The van der Waals surface area contributed by atoms with E-state index >= 15 is 0 Å². The highest BCUT2D eigenvalue weighted by Crippen LogP contribution is 2.30. The maximum absolute atomic E-state index is 11.4. The molecule has 21 heavy (non-hydrogen) atoms. The van der Waals surface area contributed by atoms with E-state index in [4.69, 9.17) is 0 Å². The quantitative estimate of drug-likeness (QED) is 0.194. The first-order valence-electron chi connectivity index (χ1n) is 6.05. The molecule has 0 spiro atoms. The van der Waals surface area contributed by atoms with Crippen LogP contribution in [0.3, 0.4) is 0 Å². The largest absolute Gasteiger partial charge is 0.394 e. The Morgan fingerprint density at radius 2 is 1.05 bits per heavy atom. The summed E-state index contributed by atoms with van der Waals surface area (Å²) < 4.78 is 32.0. The van der Waals surface area contributed by atoms with E-state index < -0.39 is 66.2 Å². The molecule has 1 atom stereocenters. The van der Waals surface area contributed by atoms with Gasteiger partial charge in [-0.25, -0.2) is 0 Å². The van der Waals surface area contributed by atoms with Gasteiger partial charge < -0.3 is 30.6 Å². The molecule has 0 saturated carbocycles. The second-order valence-corrected chi connectivity index (χ2v) is 6.59. The lowest BCUT2D eigenvalue weighted by Gasteiger charge is -2.52. The molecule has 0 aliphatic heterocycles. The molecule has 128 valence electrons. The Morgan fingerprint density at radius 3 is 1.19 bits per heavy atom. The van der Waals surface area contributed by atoms with Crippen LogP contribution in [0, 0.1) is 0 Å². The van der Waals surface area contributed by atoms with E-state index in [9.17, 15) is 43.6 Å². The predicted molar refractivity (Wildman–Crippen MR) is 70.8 cm³/mol. The molecule has 0 saturated heterocycles. The summed E-state index contributed by atoms with van der Waals surface area (Å²) in [5.74, 6) is 0. The number of aliphatic hydroxyl groups is 6. The minimum absolute atomic E-state index is 0.620. The van der Waals surface area contributed by atoms with Gasteiger partial charge in [0, 0.05) is 0 Å². The SMILES string of the molecule is CC(N(C(CO)(CO)CO)C(CO)(CO)CO)S(=O)(=O)O. The Hall–Kier alpha value is -0.370. The van der Waals surface area contributed by atoms with Crippen molar-refractivity contribution in [3.8, 4) is 0 Å². The van der Waals surface area contributed by atoms with Crippen LogP contribution < -0.4 is 0 Å². The van der Waals surface area contributed by atoms with Gasteiger partial charge in [0.1, 0.15) is 5.37 Å². The first-order valence-corrected chi connectivity index (χ1v) is 7.56. The van der Waals surface area contributed by atoms with Crippen LogP contribution >= 0.6 is 0 Å². The number of hydrogen-bond donors (Lipinski definition) is 7. The summed E-state index contributed by atoms with van der Waals surface area (Å²) in [6.45, 7) is -4.78. The molecule has 0 aliphatic rings. The molecule has 0 aliphatic carbocycles. The lowest BCUT2D eigenvalue weighted by molar-refractivity contribution is -0.149. The van der Waals surface area contributed by atoms with Gasteiger partial charge in [-0.1, -0.05) is 0 Å². The van der Waals surface area contributed by atoms with Gasteiger partial charge in [-0.2, -0.15) is 8.42 Å². The van der Waals surface area contributed by atoms with E-state index in [1.54, 1.807) is 0 Å². The lowest BCUT2D eigenvalue weighted by atomic mass is 9.90. The van der Waals surface area contributed by atoms with Crippen molar-refractivity contribution in [3.05, 3.63) is 0 Å². The second kappa shape index (κ2) is 7.76. The molecule has 0 radical (unpaired) electrons. The van der Waals surface area contributed by atoms with Crippen molar-refractivity contribution < 1.29 is 43.6 Å². The highest BCUT2D eigenvalue weighted by atomic mass is 32.2. The van der Waals surface area contributed by atoms with Gasteiger partial charge in [0.15, 0.2) is 0 Å². The third-order valence-corrected chi connectivity index (χ3v) is 4.66. The fourth-order valence-corrected chi connectivity index (χ4v) is 2.88. The maximum atomic E-state index is 11.4. The minimum atomic E-state index is -4.77. The summed E-state index contributed by atoms with van der Waals surface area (Å²) >= 11 is 0. The van der Waals surface area contributed by atoms with Gasteiger partial charge >= 0.3 is 0 Å². The van der Waals surface area contributed by atoms with Gasteiger partial charge in [-0.15, -0.1) is 0 Å². The Labute approximate surface area is 122 Å². The Morgan fingerprint density at radius 1 is 0.810 bits per heavy atom. The third-order valence-electron chi connectivity index (χ3n) is 3.58. The Bertz CT molecular complexity index is 368. The number of nitrogens with zero attached hydrogens (tertiary/aromatic N) is 1. The predicted octanol–water partition coefficient (Wildman–Crippen LogP) is -4.05. The van der Waals surface area contributed by atoms with Crippen LogP contribution in [0.15, 0.2) is 0 Å². The van der Waals surface area contributed by atoms with Crippen LogP contribution in [0.5, 0.6) is 0 Å². The number of hydrogen-bond acceptors (Lipinski definition) is 9. The van der Waals surface area contributed by atoms with Crippen molar-refractivity contribution in [2.45, 2.75) is 23.4 Å². The Kier molecular flexibility index (Phi) is 7.62. The van der Waals surface area contributed by atoms with Crippen LogP contribution in [-0.2, 0) is 10.1 Å². The van der Waals surface area contributed by atoms with Gasteiger partial charge in [0.05, 0.1) is 50.7 Å². The fourth-order valence-electron chi connectivity index (χ4n) is 2.16. The number of rotatable bonds is 10. The topological polar surface area (TPSA) is 179 Å². The molecule has 0 aromatic rings. The zero-order valence-electron chi connectivity index (χ0n) is 11.6. The average Bonchev–Trinajstić information content (AvgIpc) is 2.47. The molecule has 10 nitrogen and oxygen atoms in total. The van der Waals surface area contributed by atoms with Crippen LogP contribution in [0.4, 0.5) is 0 Å². The van der Waals surface area contributed by atoms with Crippen molar-refractivity contribution >= 4 is 10.1 Å². The van der Waals surface area contributed by atoms with Crippen LogP contribution in [0.25, 0.3) is 0 Å². The molecule has 0 bridgehead atoms. The molecule has 0 amide bonds. The second-order valence-electron chi connectivity index (χ2n) is 4.88. The van der Waals surface area contributed by atoms with E-state index in [1.807, 2.05) is 0 Å². The van der Waals surface area contributed by atoms with Crippen molar-refractivity contribution in [2.75, 3.05) is 39.6 Å². The van der Waals surface area contributed by atoms with Crippen LogP contribution in [0.2, 0.25) is 0 Å². The van der Waals surface area contributed by atoms with Gasteiger partial charge in [0.25, 0.3) is 10.1 Å². The van der Waals surface area contributed by atoms with Gasteiger partial charge in [-0.05, 0) is 6.92 Å². The molecule has 7 N–H and O–H groups in total. The zero-order chi connectivity index (χ0) is 16.9. The van der Waals surface area contributed by atoms with E-state index in [1.165, 1.54) is 0 Å². The molecule has 0 heterocycles.